The zero-order valence-electron chi connectivity index (χ0n) is 20.4. The van der Waals surface area contributed by atoms with Gasteiger partial charge in [0.15, 0.2) is 0 Å². The molecule has 0 amide bonds. The number of aryl methyl sites for hydroxylation is 2. The summed E-state index contributed by atoms with van der Waals surface area (Å²) in [5.74, 6) is 0.548. The van der Waals surface area contributed by atoms with E-state index in [4.69, 9.17) is 4.74 Å². The van der Waals surface area contributed by atoms with E-state index in [2.05, 4.69) is 19.9 Å². The summed E-state index contributed by atoms with van der Waals surface area (Å²) in [5.41, 5.74) is 2.39. The average Bonchev–Trinajstić information content (AvgIpc) is 2.72. The minimum Gasteiger partial charge on any atom is -0.469 e. The largest absolute Gasteiger partial charge is 0.469 e. The van der Waals surface area contributed by atoms with Gasteiger partial charge in [-0.2, -0.15) is 8.42 Å². The second-order valence-corrected chi connectivity index (χ2v) is 10.9. The quantitative estimate of drug-likeness (QED) is 0.181. The van der Waals surface area contributed by atoms with Crippen molar-refractivity contribution in [2.75, 3.05) is 0 Å². The summed E-state index contributed by atoms with van der Waals surface area (Å²) < 4.78 is 39.3. The molecule has 1 rings (SSSR count). The third-order valence-electron chi connectivity index (χ3n) is 6.19. The van der Waals surface area contributed by atoms with Crippen LogP contribution in [0.25, 0.3) is 0 Å². The molecule has 1 atom stereocenters. The first-order chi connectivity index (χ1) is 14.8. The molecule has 31 heavy (non-hydrogen) atoms. The van der Waals surface area contributed by atoms with E-state index in [1.54, 1.807) is 6.92 Å². The molecule has 0 aromatic heterocycles. The molecule has 0 spiro atoms. The highest BCUT2D eigenvalue weighted by Crippen LogP contribution is 2.29. The molecule has 0 saturated carbocycles. The molecular weight excluding hydrogens is 408 g/mol. The number of benzene rings is 1. The Morgan fingerprint density at radius 2 is 1.16 bits per heavy atom. The van der Waals surface area contributed by atoms with Crippen LogP contribution >= 0.6 is 0 Å². The molecule has 4 nitrogen and oxygen atoms in total. The molecular formula is C26H46O4S. The number of unbranched alkanes of at least 4 members (excludes halogenated alkanes) is 10. The van der Waals surface area contributed by atoms with Gasteiger partial charge in [-0.05, 0) is 55.9 Å². The molecule has 1 N–H and O–H groups in total. The van der Waals surface area contributed by atoms with Gasteiger partial charge in [0.05, 0.1) is 0 Å². The van der Waals surface area contributed by atoms with Gasteiger partial charge in [-0.15, -0.1) is 0 Å². The Morgan fingerprint density at radius 3 is 1.55 bits per heavy atom. The Morgan fingerprint density at radius 1 is 0.742 bits per heavy atom. The van der Waals surface area contributed by atoms with Crippen molar-refractivity contribution in [3.63, 3.8) is 0 Å². The van der Waals surface area contributed by atoms with Crippen molar-refractivity contribution in [1.29, 1.82) is 0 Å². The van der Waals surface area contributed by atoms with Gasteiger partial charge in [-0.1, -0.05) is 91.0 Å². The van der Waals surface area contributed by atoms with Crippen LogP contribution in [0.1, 0.15) is 122 Å². The highest BCUT2D eigenvalue weighted by atomic mass is 32.2. The van der Waals surface area contributed by atoms with Crippen LogP contribution in [0.3, 0.4) is 0 Å². The molecule has 5 heteroatoms. The molecule has 1 unspecified atom stereocenters. The van der Waals surface area contributed by atoms with Crippen molar-refractivity contribution >= 4 is 10.1 Å². The van der Waals surface area contributed by atoms with Crippen LogP contribution in [-0.4, -0.2) is 17.9 Å². The predicted octanol–water partition coefficient (Wildman–Crippen LogP) is 7.89. The van der Waals surface area contributed by atoms with Crippen LogP contribution in [0, 0.1) is 0 Å². The van der Waals surface area contributed by atoms with Crippen molar-refractivity contribution in [3.8, 4) is 5.75 Å². The Balaban J connectivity index is 2.83. The van der Waals surface area contributed by atoms with Crippen molar-refractivity contribution in [1.82, 2.24) is 0 Å². The molecule has 0 aliphatic carbocycles. The van der Waals surface area contributed by atoms with E-state index in [0.29, 0.717) is 5.75 Å². The fourth-order valence-electron chi connectivity index (χ4n) is 3.85. The predicted molar refractivity (Wildman–Crippen MR) is 131 cm³/mol. The molecule has 0 saturated heterocycles. The van der Waals surface area contributed by atoms with Gasteiger partial charge in [0.2, 0.25) is 4.93 Å². The number of ether oxygens (including phenoxy) is 1. The van der Waals surface area contributed by atoms with Crippen LogP contribution in [0.2, 0.25) is 0 Å². The van der Waals surface area contributed by atoms with E-state index >= 15 is 0 Å². The van der Waals surface area contributed by atoms with Crippen molar-refractivity contribution < 1.29 is 17.7 Å². The van der Waals surface area contributed by atoms with Crippen molar-refractivity contribution in [3.05, 3.63) is 29.3 Å². The van der Waals surface area contributed by atoms with Crippen LogP contribution in [-0.2, 0) is 23.0 Å². The first-order valence-electron chi connectivity index (χ1n) is 12.5. The normalized spacial score (nSPS) is 13.8. The van der Waals surface area contributed by atoms with Gasteiger partial charge >= 0.3 is 10.1 Å². The summed E-state index contributed by atoms with van der Waals surface area (Å²) in [6, 6.07) is 6.16. The Kier molecular flexibility index (Phi) is 13.4. The molecule has 0 bridgehead atoms. The lowest BCUT2D eigenvalue weighted by Crippen LogP contribution is -2.40. The summed E-state index contributed by atoms with van der Waals surface area (Å²) in [7, 11) is -4.32. The van der Waals surface area contributed by atoms with Crippen LogP contribution in [0.4, 0.5) is 0 Å². The third kappa shape index (κ3) is 10.9. The van der Waals surface area contributed by atoms with Crippen molar-refractivity contribution in [2.45, 2.75) is 129 Å². The van der Waals surface area contributed by atoms with Gasteiger partial charge in [0.25, 0.3) is 0 Å². The van der Waals surface area contributed by atoms with E-state index in [9.17, 15) is 13.0 Å². The third-order valence-corrected chi connectivity index (χ3v) is 7.65. The highest BCUT2D eigenvalue weighted by molar-refractivity contribution is 7.87. The molecule has 1 aromatic carbocycles. The fraction of sp³-hybridized carbons (Fsp3) is 0.769. The van der Waals surface area contributed by atoms with Crippen LogP contribution < -0.4 is 4.74 Å². The van der Waals surface area contributed by atoms with E-state index in [1.807, 2.05) is 12.1 Å². The first kappa shape index (κ1) is 28.0. The molecule has 0 fully saturated rings. The van der Waals surface area contributed by atoms with E-state index in [-0.39, 0.29) is 6.42 Å². The lowest BCUT2D eigenvalue weighted by molar-refractivity contribution is 0.154. The minimum atomic E-state index is -4.32. The van der Waals surface area contributed by atoms with Crippen LogP contribution in [0.5, 0.6) is 5.75 Å². The van der Waals surface area contributed by atoms with E-state index in [0.717, 1.165) is 25.7 Å². The Hall–Kier alpha value is -1.07. The first-order valence-corrected chi connectivity index (χ1v) is 14.0. The summed E-state index contributed by atoms with van der Waals surface area (Å²) >= 11 is 0. The fourth-order valence-corrected chi connectivity index (χ4v) is 4.42. The second kappa shape index (κ2) is 14.9. The van der Waals surface area contributed by atoms with Gasteiger partial charge < -0.3 is 4.74 Å². The smallest absolute Gasteiger partial charge is 0.306 e. The zero-order valence-corrected chi connectivity index (χ0v) is 21.2. The molecule has 0 heterocycles. The zero-order chi connectivity index (χ0) is 23.2. The Bertz CT molecular complexity index is 680. The summed E-state index contributed by atoms with van der Waals surface area (Å²) in [4.78, 5) is -1.62. The SMILES string of the molecule is CCCCCCCCc1cc(CCCCCCCC)cc(OC(C)(CC)S(=O)(=O)O)c1. The number of rotatable bonds is 18. The summed E-state index contributed by atoms with van der Waals surface area (Å²) in [5, 5.41) is 0. The molecule has 180 valence electrons. The topological polar surface area (TPSA) is 63.6 Å². The van der Waals surface area contributed by atoms with Crippen LogP contribution in [0.15, 0.2) is 18.2 Å². The maximum absolute atomic E-state index is 11.9. The average molecular weight is 455 g/mol. The maximum Gasteiger partial charge on any atom is 0.306 e. The number of hydrogen-bond acceptors (Lipinski definition) is 3. The van der Waals surface area contributed by atoms with Gasteiger partial charge in [0.1, 0.15) is 5.75 Å². The summed E-state index contributed by atoms with van der Waals surface area (Å²) in [6.45, 7) is 7.61. The van der Waals surface area contributed by atoms with E-state index in [1.165, 1.54) is 82.3 Å². The van der Waals surface area contributed by atoms with Crippen molar-refractivity contribution in [2.24, 2.45) is 0 Å². The lowest BCUT2D eigenvalue weighted by atomic mass is 9.99. The highest BCUT2D eigenvalue weighted by Gasteiger charge is 2.38. The molecule has 0 radical (unpaired) electrons. The van der Waals surface area contributed by atoms with Gasteiger partial charge in [-0.3, -0.25) is 4.55 Å². The van der Waals surface area contributed by atoms with E-state index < -0.39 is 15.1 Å². The van der Waals surface area contributed by atoms with Gasteiger partial charge in [0, 0.05) is 6.42 Å². The molecule has 0 aliphatic heterocycles. The Labute approximate surface area is 191 Å². The second-order valence-electron chi connectivity index (χ2n) is 9.09. The lowest BCUT2D eigenvalue weighted by Gasteiger charge is -2.26. The van der Waals surface area contributed by atoms with Gasteiger partial charge in [-0.25, -0.2) is 0 Å². The minimum absolute atomic E-state index is 0.181. The molecule has 1 aromatic rings. The maximum atomic E-state index is 11.9. The monoisotopic (exact) mass is 454 g/mol. The molecule has 0 aliphatic rings. The standard InChI is InChI=1S/C26H46O4S/c1-5-8-10-12-14-16-18-23-20-24(19-17-15-13-11-9-6-2)22-25(21-23)30-26(4,7-3)31(27,28)29/h20-22H,5-19H2,1-4H3,(H,27,28,29). The number of hydrogen-bond donors (Lipinski definition) is 1. The summed E-state index contributed by atoms with van der Waals surface area (Å²) in [6.07, 6.45) is 17.1.